The van der Waals surface area contributed by atoms with Gasteiger partial charge in [0.1, 0.15) is 24.4 Å². The van der Waals surface area contributed by atoms with Crippen molar-refractivity contribution in [1.82, 2.24) is 5.32 Å². The summed E-state index contributed by atoms with van der Waals surface area (Å²) < 4.78 is 14.9. The minimum absolute atomic E-state index is 0.373. The van der Waals surface area contributed by atoms with Crippen LogP contribution in [-0.4, -0.2) is 81.3 Å². The maximum Gasteiger partial charge on any atom is 0.258 e. The first-order chi connectivity index (χ1) is 10.8. The second kappa shape index (κ2) is 6.38. The molecular formula is C12H16N2O9. The molecule has 2 aliphatic heterocycles. The lowest BCUT2D eigenvalue weighted by Gasteiger charge is -2.43. The van der Waals surface area contributed by atoms with Crippen molar-refractivity contribution in [2.24, 2.45) is 0 Å². The van der Waals surface area contributed by atoms with E-state index in [0.717, 1.165) is 13.2 Å². The Morgan fingerprint density at radius 1 is 1.26 bits per heavy atom. The summed E-state index contributed by atoms with van der Waals surface area (Å²) in [6.45, 7) is 0. The molecule has 2 rings (SSSR count). The number of carbonyl (C=O) groups excluding carboxylic acids is 1. The first kappa shape index (κ1) is 17.6. The predicted octanol–water partition coefficient (Wildman–Crippen LogP) is -4.00. The highest BCUT2D eigenvalue weighted by Crippen LogP contribution is 2.33. The van der Waals surface area contributed by atoms with Crippen LogP contribution in [0.3, 0.4) is 0 Å². The van der Waals surface area contributed by atoms with Crippen molar-refractivity contribution in [2.45, 2.75) is 42.7 Å². The Hall–Kier alpha value is -1.78. The molecule has 128 valence electrons. The van der Waals surface area contributed by atoms with E-state index in [1.165, 1.54) is 0 Å². The summed E-state index contributed by atoms with van der Waals surface area (Å²) >= 11 is 0. The molecule has 0 spiro atoms. The number of aliphatic hydroxyl groups is 5. The first-order valence-electron chi connectivity index (χ1n) is 6.48. The Labute approximate surface area is 129 Å². The van der Waals surface area contributed by atoms with Crippen molar-refractivity contribution in [3.63, 3.8) is 0 Å². The van der Waals surface area contributed by atoms with Crippen LogP contribution in [0.5, 0.6) is 0 Å². The summed E-state index contributed by atoms with van der Waals surface area (Å²) in [5, 5.41) is 59.7. The van der Waals surface area contributed by atoms with Crippen LogP contribution in [0.2, 0.25) is 0 Å². The standard InChI is InChI=1S/C12H16N2O9/c1-21-4-2-5(15)14-11(20)12(4,3-13)23-10-8(18)6(16)7(17)9(19)22-10/h2,6-11,16-20H,1H3,(H,14,15). The average Bonchev–Trinajstić information content (AvgIpc) is 2.52. The van der Waals surface area contributed by atoms with Crippen LogP contribution in [0.15, 0.2) is 11.8 Å². The van der Waals surface area contributed by atoms with Crippen LogP contribution in [0, 0.1) is 11.3 Å². The lowest BCUT2D eigenvalue weighted by Crippen LogP contribution is -2.64. The topological polar surface area (TPSA) is 182 Å². The summed E-state index contributed by atoms with van der Waals surface area (Å²) in [6.07, 6.45) is -10.2. The van der Waals surface area contributed by atoms with Crippen LogP contribution < -0.4 is 5.32 Å². The van der Waals surface area contributed by atoms with E-state index in [-0.39, 0.29) is 5.76 Å². The third-order valence-electron chi connectivity index (χ3n) is 3.52. The highest BCUT2D eigenvalue weighted by atomic mass is 16.8. The normalized spacial score (nSPS) is 44.0. The molecule has 11 nitrogen and oxygen atoms in total. The Balaban J connectivity index is 2.33. The number of nitriles is 1. The van der Waals surface area contributed by atoms with Gasteiger partial charge in [-0.1, -0.05) is 0 Å². The maximum atomic E-state index is 11.4. The number of aliphatic hydroxyl groups excluding tert-OH is 5. The van der Waals surface area contributed by atoms with Gasteiger partial charge in [-0.3, -0.25) is 4.79 Å². The minimum atomic E-state index is -2.30. The summed E-state index contributed by atoms with van der Waals surface area (Å²) in [5.41, 5.74) is -2.30. The van der Waals surface area contributed by atoms with E-state index in [2.05, 4.69) is 0 Å². The molecule has 2 aliphatic rings. The summed E-state index contributed by atoms with van der Waals surface area (Å²) in [5.74, 6) is -1.12. The predicted molar refractivity (Wildman–Crippen MR) is 67.6 cm³/mol. The number of hydrogen-bond donors (Lipinski definition) is 6. The van der Waals surface area contributed by atoms with Gasteiger partial charge in [0, 0.05) is 6.08 Å². The number of nitrogens with zero attached hydrogens (tertiary/aromatic N) is 1. The fourth-order valence-corrected chi connectivity index (χ4v) is 2.23. The molecule has 1 amide bonds. The number of rotatable bonds is 3. The molecular weight excluding hydrogens is 316 g/mol. The SMILES string of the molecule is COC1=CC(=O)NC(O)C1(C#N)OC1OC(O)C(O)C(O)C1O. The molecule has 11 heteroatoms. The molecule has 0 saturated carbocycles. The molecule has 2 heterocycles. The molecule has 7 unspecified atom stereocenters. The molecule has 0 aliphatic carbocycles. The van der Waals surface area contributed by atoms with Crippen molar-refractivity contribution in [3.8, 4) is 6.07 Å². The number of ether oxygens (including phenoxy) is 3. The van der Waals surface area contributed by atoms with Crippen LogP contribution in [0.1, 0.15) is 0 Å². The van der Waals surface area contributed by atoms with Gasteiger partial charge in [-0.25, -0.2) is 0 Å². The lowest BCUT2D eigenvalue weighted by molar-refractivity contribution is -0.359. The van der Waals surface area contributed by atoms with Gasteiger partial charge in [0.15, 0.2) is 24.6 Å². The van der Waals surface area contributed by atoms with E-state index in [0.29, 0.717) is 0 Å². The molecule has 7 atom stereocenters. The fourth-order valence-electron chi connectivity index (χ4n) is 2.23. The van der Waals surface area contributed by atoms with Crippen LogP contribution >= 0.6 is 0 Å². The largest absolute Gasteiger partial charge is 0.496 e. The minimum Gasteiger partial charge on any atom is -0.496 e. The Morgan fingerprint density at radius 2 is 1.91 bits per heavy atom. The van der Waals surface area contributed by atoms with Crippen LogP contribution in [0.4, 0.5) is 0 Å². The van der Waals surface area contributed by atoms with Gasteiger partial charge in [0.25, 0.3) is 5.60 Å². The molecule has 0 aromatic rings. The molecule has 1 saturated heterocycles. The van der Waals surface area contributed by atoms with Crippen molar-refractivity contribution in [2.75, 3.05) is 7.11 Å². The van der Waals surface area contributed by atoms with Gasteiger partial charge in [0.05, 0.1) is 7.11 Å². The second-order valence-corrected chi connectivity index (χ2v) is 4.96. The van der Waals surface area contributed by atoms with E-state index in [9.17, 15) is 35.6 Å². The van der Waals surface area contributed by atoms with Gasteiger partial charge in [-0.05, 0) is 0 Å². The Morgan fingerprint density at radius 3 is 2.48 bits per heavy atom. The van der Waals surface area contributed by atoms with Crippen LogP contribution in [-0.2, 0) is 19.0 Å². The average molecular weight is 332 g/mol. The van der Waals surface area contributed by atoms with E-state index in [1.807, 2.05) is 5.32 Å². The quantitative estimate of drug-likeness (QED) is 0.298. The third kappa shape index (κ3) is 2.89. The van der Waals surface area contributed by atoms with Crippen molar-refractivity contribution in [1.29, 1.82) is 5.26 Å². The van der Waals surface area contributed by atoms with E-state index in [4.69, 9.17) is 14.2 Å². The Bertz CT molecular complexity index is 547. The number of nitrogens with one attached hydrogen (secondary N) is 1. The molecule has 23 heavy (non-hydrogen) atoms. The number of amides is 1. The summed E-state index contributed by atoms with van der Waals surface area (Å²) in [4.78, 5) is 11.4. The lowest BCUT2D eigenvalue weighted by atomic mass is 9.96. The van der Waals surface area contributed by atoms with Crippen molar-refractivity contribution in [3.05, 3.63) is 11.8 Å². The monoisotopic (exact) mass is 332 g/mol. The molecule has 1 fully saturated rings. The highest BCUT2D eigenvalue weighted by Gasteiger charge is 2.54. The van der Waals surface area contributed by atoms with Gasteiger partial charge in [-0.2, -0.15) is 5.26 Å². The van der Waals surface area contributed by atoms with E-state index in [1.54, 1.807) is 6.07 Å². The number of carbonyl (C=O) groups is 1. The second-order valence-electron chi connectivity index (χ2n) is 4.96. The van der Waals surface area contributed by atoms with Gasteiger partial charge < -0.3 is 45.1 Å². The highest BCUT2D eigenvalue weighted by molar-refractivity contribution is 5.90. The zero-order chi connectivity index (χ0) is 17.4. The summed E-state index contributed by atoms with van der Waals surface area (Å²) in [6, 6.07) is 1.60. The molecule has 6 N–H and O–H groups in total. The zero-order valence-electron chi connectivity index (χ0n) is 11.9. The van der Waals surface area contributed by atoms with Gasteiger partial charge in [0.2, 0.25) is 5.91 Å². The van der Waals surface area contributed by atoms with Gasteiger partial charge >= 0.3 is 0 Å². The molecule has 0 aromatic heterocycles. The Kier molecular flexibility index (Phi) is 4.87. The molecule has 0 aromatic carbocycles. The van der Waals surface area contributed by atoms with Gasteiger partial charge in [-0.15, -0.1) is 0 Å². The smallest absolute Gasteiger partial charge is 0.258 e. The van der Waals surface area contributed by atoms with Crippen LogP contribution in [0.25, 0.3) is 0 Å². The van der Waals surface area contributed by atoms with E-state index < -0.39 is 48.6 Å². The van der Waals surface area contributed by atoms with E-state index >= 15 is 0 Å². The third-order valence-corrected chi connectivity index (χ3v) is 3.52. The summed E-state index contributed by atoms with van der Waals surface area (Å²) in [7, 11) is 1.12. The van der Waals surface area contributed by atoms with Crippen molar-refractivity contribution < 1.29 is 44.5 Å². The zero-order valence-corrected chi connectivity index (χ0v) is 11.9. The number of hydrogen-bond acceptors (Lipinski definition) is 10. The maximum absolute atomic E-state index is 11.4. The fraction of sp³-hybridized carbons (Fsp3) is 0.667. The number of methoxy groups -OCH3 is 1. The molecule has 0 bridgehead atoms. The van der Waals surface area contributed by atoms with Crippen molar-refractivity contribution >= 4 is 5.91 Å². The first-order valence-corrected chi connectivity index (χ1v) is 6.48. The molecule has 0 radical (unpaired) electrons.